The van der Waals surface area contributed by atoms with Gasteiger partial charge >= 0.3 is 0 Å². The average Bonchev–Trinajstić information content (AvgIpc) is 2.67. The van der Waals surface area contributed by atoms with Crippen molar-refractivity contribution in [3.05, 3.63) is 65.2 Å². The number of nitrogens with one attached hydrogen (secondary N) is 1. The highest BCUT2D eigenvalue weighted by molar-refractivity contribution is 5.95. The van der Waals surface area contributed by atoms with Gasteiger partial charge in [0.05, 0.1) is 11.1 Å². The lowest BCUT2D eigenvalue weighted by Crippen LogP contribution is -2.46. The van der Waals surface area contributed by atoms with Crippen LogP contribution in [0.3, 0.4) is 0 Å². The van der Waals surface area contributed by atoms with E-state index in [0.29, 0.717) is 37.6 Å². The van der Waals surface area contributed by atoms with Gasteiger partial charge in [-0.05, 0) is 37.1 Å². The molecule has 136 valence electrons. The summed E-state index contributed by atoms with van der Waals surface area (Å²) < 4.78 is 39.9. The van der Waals surface area contributed by atoms with Crippen molar-refractivity contribution in [2.24, 2.45) is 0 Å². The Balaban J connectivity index is 1.58. The molecule has 2 heterocycles. The maximum Gasteiger partial charge on any atom is 0.255 e. The molecule has 1 aliphatic rings. The maximum absolute atomic E-state index is 13.7. The molecule has 2 aromatic rings. The van der Waals surface area contributed by atoms with E-state index in [0.717, 1.165) is 6.07 Å². The Labute approximate surface area is 147 Å². The van der Waals surface area contributed by atoms with E-state index in [1.54, 1.807) is 23.2 Å². The largest absolute Gasteiger partial charge is 0.349 e. The van der Waals surface area contributed by atoms with Gasteiger partial charge in [0.1, 0.15) is 0 Å². The lowest BCUT2D eigenvalue weighted by molar-refractivity contribution is 0.0697. The second-order valence-corrected chi connectivity index (χ2v) is 6.00. The van der Waals surface area contributed by atoms with Gasteiger partial charge < -0.3 is 10.2 Å². The Morgan fingerprint density at radius 3 is 2.46 bits per heavy atom. The minimum atomic E-state index is -1.67. The van der Waals surface area contributed by atoms with Crippen molar-refractivity contribution >= 4 is 11.8 Å². The normalized spacial score (nSPS) is 15.0. The molecule has 3 rings (SSSR count). The van der Waals surface area contributed by atoms with Gasteiger partial charge in [0.25, 0.3) is 11.8 Å². The van der Waals surface area contributed by atoms with Crippen molar-refractivity contribution in [2.75, 3.05) is 13.1 Å². The molecule has 0 radical (unpaired) electrons. The van der Waals surface area contributed by atoms with Gasteiger partial charge in [0, 0.05) is 31.5 Å². The quantitative estimate of drug-likeness (QED) is 0.853. The number of aromatic nitrogens is 1. The molecule has 1 fully saturated rings. The van der Waals surface area contributed by atoms with E-state index < -0.39 is 28.9 Å². The van der Waals surface area contributed by atoms with Crippen molar-refractivity contribution in [1.29, 1.82) is 0 Å². The lowest BCUT2D eigenvalue weighted by Gasteiger charge is -2.32. The number of piperidine rings is 1. The molecule has 5 nitrogen and oxygen atoms in total. The SMILES string of the molecule is O=C(NC1CCN(C(=O)c2cccnc2)CC1)c1ccc(F)c(F)c1F. The summed E-state index contributed by atoms with van der Waals surface area (Å²) in [6.07, 6.45) is 4.02. The second kappa shape index (κ2) is 7.55. The van der Waals surface area contributed by atoms with Crippen LogP contribution in [0, 0.1) is 17.5 Å². The highest BCUT2D eigenvalue weighted by atomic mass is 19.2. The zero-order valence-electron chi connectivity index (χ0n) is 13.7. The third-order valence-corrected chi connectivity index (χ3v) is 4.31. The van der Waals surface area contributed by atoms with Gasteiger partial charge in [-0.15, -0.1) is 0 Å². The third kappa shape index (κ3) is 3.68. The summed E-state index contributed by atoms with van der Waals surface area (Å²) in [6.45, 7) is 0.831. The fourth-order valence-electron chi connectivity index (χ4n) is 2.86. The molecular formula is C18H16F3N3O2. The molecule has 1 aromatic carbocycles. The lowest BCUT2D eigenvalue weighted by atomic mass is 10.0. The van der Waals surface area contributed by atoms with Crippen LogP contribution in [-0.4, -0.2) is 40.8 Å². The summed E-state index contributed by atoms with van der Waals surface area (Å²) in [5.74, 6) is -5.48. The van der Waals surface area contributed by atoms with Crippen molar-refractivity contribution < 1.29 is 22.8 Å². The Morgan fingerprint density at radius 1 is 1.08 bits per heavy atom. The van der Waals surface area contributed by atoms with E-state index in [1.165, 1.54) is 6.20 Å². The molecule has 1 N–H and O–H groups in total. The summed E-state index contributed by atoms with van der Waals surface area (Å²) in [4.78, 5) is 30.0. The number of likely N-dealkylation sites (tertiary alicyclic amines) is 1. The number of benzene rings is 1. The fourth-order valence-corrected chi connectivity index (χ4v) is 2.86. The predicted octanol–water partition coefficient (Wildman–Crippen LogP) is 2.53. The Morgan fingerprint density at radius 2 is 1.81 bits per heavy atom. The molecule has 1 saturated heterocycles. The summed E-state index contributed by atoms with van der Waals surface area (Å²) in [6, 6.07) is 4.69. The molecular weight excluding hydrogens is 347 g/mol. The first kappa shape index (κ1) is 17.9. The minimum absolute atomic E-state index is 0.144. The summed E-state index contributed by atoms with van der Waals surface area (Å²) in [7, 11) is 0. The third-order valence-electron chi connectivity index (χ3n) is 4.31. The second-order valence-electron chi connectivity index (χ2n) is 6.00. The van der Waals surface area contributed by atoms with Gasteiger partial charge in [0.15, 0.2) is 17.5 Å². The molecule has 0 spiro atoms. The van der Waals surface area contributed by atoms with E-state index in [4.69, 9.17) is 0 Å². The fraction of sp³-hybridized carbons (Fsp3) is 0.278. The first-order valence-corrected chi connectivity index (χ1v) is 8.11. The van der Waals surface area contributed by atoms with Crippen LogP contribution in [-0.2, 0) is 0 Å². The van der Waals surface area contributed by atoms with Gasteiger partial charge in [-0.3, -0.25) is 14.6 Å². The zero-order valence-corrected chi connectivity index (χ0v) is 13.7. The number of hydrogen-bond donors (Lipinski definition) is 1. The van der Waals surface area contributed by atoms with Crippen LogP contribution in [0.25, 0.3) is 0 Å². The first-order valence-electron chi connectivity index (χ1n) is 8.11. The molecule has 1 aromatic heterocycles. The van der Waals surface area contributed by atoms with Gasteiger partial charge in [-0.2, -0.15) is 0 Å². The smallest absolute Gasteiger partial charge is 0.255 e. The Bertz CT molecular complexity index is 822. The number of carbonyl (C=O) groups is 2. The molecule has 0 bridgehead atoms. The van der Waals surface area contributed by atoms with Crippen molar-refractivity contribution in [1.82, 2.24) is 15.2 Å². The standard InChI is InChI=1S/C18H16F3N3O2/c19-14-4-3-13(15(20)16(14)21)17(25)23-12-5-8-24(9-6-12)18(26)11-2-1-7-22-10-11/h1-4,7,10,12H,5-6,8-9H2,(H,23,25). The number of nitrogens with zero attached hydrogens (tertiary/aromatic N) is 2. The maximum atomic E-state index is 13.7. The predicted molar refractivity (Wildman–Crippen MR) is 86.9 cm³/mol. The molecule has 8 heteroatoms. The van der Waals surface area contributed by atoms with E-state index >= 15 is 0 Å². The van der Waals surface area contributed by atoms with Crippen LogP contribution < -0.4 is 5.32 Å². The molecule has 0 aliphatic carbocycles. The molecule has 26 heavy (non-hydrogen) atoms. The average molecular weight is 363 g/mol. The van der Waals surface area contributed by atoms with Crippen LogP contribution in [0.4, 0.5) is 13.2 Å². The summed E-state index contributed by atoms with van der Waals surface area (Å²) >= 11 is 0. The van der Waals surface area contributed by atoms with Gasteiger partial charge in [-0.25, -0.2) is 13.2 Å². The first-order chi connectivity index (χ1) is 12.5. The Hall–Kier alpha value is -2.90. The number of rotatable bonds is 3. The van der Waals surface area contributed by atoms with Crippen LogP contribution in [0.2, 0.25) is 0 Å². The van der Waals surface area contributed by atoms with Crippen molar-refractivity contribution in [2.45, 2.75) is 18.9 Å². The van der Waals surface area contributed by atoms with Crippen molar-refractivity contribution in [3.8, 4) is 0 Å². The van der Waals surface area contributed by atoms with Crippen LogP contribution in [0.15, 0.2) is 36.7 Å². The van der Waals surface area contributed by atoms with Crippen LogP contribution in [0.5, 0.6) is 0 Å². The number of halogens is 3. The highest BCUT2D eigenvalue weighted by Crippen LogP contribution is 2.17. The van der Waals surface area contributed by atoms with Crippen LogP contribution in [0.1, 0.15) is 33.6 Å². The van der Waals surface area contributed by atoms with Crippen molar-refractivity contribution in [3.63, 3.8) is 0 Å². The molecule has 0 unspecified atom stereocenters. The Kier molecular flexibility index (Phi) is 5.20. The number of pyridine rings is 1. The topological polar surface area (TPSA) is 62.3 Å². The monoisotopic (exact) mass is 363 g/mol. The zero-order chi connectivity index (χ0) is 18.7. The number of hydrogen-bond acceptors (Lipinski definition) is 3. The molecule has 1 aliphatic heterocycles. The molecule has 2 amide bonds. The molecule has 0 saturated carbocycles. The highest BCUT2D eigenvalue weighted by Gasteiger charge is 2.26. The van der Waals surface area contributed by atoms with E-state index in [1.807, 2.05) is 0 Å². The van der Waals surface area contributed by atoms with Gasteiger partial charge in [0.2, 0.25) is 0 Å². The summed E-state index contributed by atoms with van der Waals surface area (Å²) in [5.41, 5.74) is -0.0587. The van der Waals surface area contributed by atoms with Crippen LogP contribution >= 0.6 is 0 Å². The van der Waals surface area contributed by atoms with Gasteiger partial charge in [-0.1, -0.05) is 0 Å². The number of carbonyl (C=O) groups excluding carboxylic acids is 2. The van der Waals surface area contributed by atoms with E-state index in [9.17, 15) is 22.8 Å². The minimum Gasteiger partial charge on any atom is -0.349 e. The summed E-state index contributed by atoms with van der Waals surface area (Å²) in [5, 5.41) is 2.60. The van der Waals surface area contributed by atoms with E-state index in [-0.39, 0.29) is 11.9 Å². The molecule has 0 atom stereocenters. The number of amides is 2. The van der Waals surface area contributed by atoms with E-state index in [2.05, 4.69) is 10.3 Å².